The van der Waals surface area contributed by atoms with Gasteiger partial charge >= 0.3 is 5.97 Å². The van der Waals surface area contributed by atoms with E-state index >= 15 is 0 Å². The number of esters is 1. The summed E-state index contributed by atoms with van der Waals surface area (Å²) in [6, 6.07) is 13.5. The first kappa shape index (κ1) is 22.3. The minimum Gasteiger partial charge on any atom is -0.507 e. The number of aromatic hydroxyl groups is 1. The highest BCUT2D eigenvalue weighted by atomic mass is 16.5. The maximum Gasteiger partial charge on any atom is 0.312 e. The highest BCUT2D eigenvalue weighted by molar-refractivity contribution is 5.94. The van der Waals surface area contributed by atoms with E-state index in [9.17, 15) is 14.7 Å². The monoisotopic (exact) mass is 474 g/mol. The summed E-state index contributed by atoms with van der Waals surface area (Å²) in [7, 11) is 4.63. The van der Waals surface area contributed by atoms with Crippen LogP contribution >= 0.6 is 0 Å². The van der Waals surface area contributed by atoms with Crippen LogP contribution in [-0.2, 0) is 4.79 Å². The summed E-state index contributed by atoms with van der Waals surface area (Å²) < 4.78 is 27.4. The fourth-order valence-electron chi connectivity index (χ4n) is 4.47. The summed E-state index contributed by atoms with van der Waals surface area (Å²) in [6.45, 7) is 0. The first-order valence-electron chi connectivity index (χ1n) is 10.8. The van der Waals surface area contributed by atoms with E-state index in [4.69, 9.17) is 23.4 Å². The van der Waals surface area contributed by atoms with Crippen LogP contribution in [-0.4, -0.2) is 32.4 Å². The van der Waals surface area contributed by atoms with Crippen LogP contribution in [0, 0.1) is 0 Å². The molecule has 1 aliphatic heterocycles. The van der Waals surface area contributed by atoms with Crippen molar-refractivity contribution in [2.24, 2.45) is 0 Å². The molecule has 0 bridgehead atoms. The number of methoxy groups -OCH3 is 3. The molecule has 0 amide bonds. The fraction of sp³-hybridized carbons (Fsp3) is 0.185. The summed E-state index contributed by atoms with van der Waals surface area (Å²) >= 11 is 0. The molecule has 4 aromatic rings. The van der Waals surface area contributed by atoms with E-state index in [1.165, 1.54) is 19.4 Å². The predicted molar refractivity (Wildman–Crippen MR) is 128 cm³/mol. The minimum absolute atomic E-state index is 0.000490. The molecule has 8 heteroatoms. The summed E-state index contributed by atoms with van der Waals surface area (Å²) in [5, 5.41) is 10.8. The Morgan fingerprint density at radius 1 is 0.914 bits per heavy atom. The first-order valence-corrected chi connectivity index (χ1v) is 10.8. The molecule has 35 heavy (non-hydrogen) atoms. The Labute approximate surface area is 200 Å². The largest absolute Gasteiger partial charge is 0.507 e. The maximum absolute atomic E-state index is 13.5. The molecule has 0 fully saturated rings. The molecular formula is C27H22O8. The van der Waals surface area contributed by atoms with Gasteiger partial charge in [0.15, 0.2) is 0 Å². The van der Waals surface area contributed by atoms with Crippen LogP contribution in [0.3, 0.4) is 0 Å². The lowest BCUT2D eigenvalue weighted by molar-refractivity contribution is -0.135. The molecule has 2 heterocycles. The van der Waals surface area contributed by atoms with E-state index in [-0.39, 0.29) is 34.5 Å². The molecule has 0 spiro atoms. The number of ether oxygens (including phenoxy) is 4. The molecule has 178 valence electrons. The normalized spacial score (nSPS) is 14.8. The third-order valence-electron chi connectivity index (χ3n) is 6.19. The minimum atomic E-state index is -0.537. The number of rotatable bonds is 5. The topological polar surface area (TPSA) is 104 Å². The van der Waals surface area contributed by atoms with Gasteiger partial charge in [0.25, 0.3) is 0 Å². The van der Waals surface area contributed by atoms with Gasteiger partial charge in [0.1, 0.15) is 46.0 Å². The highest BCUT2D eigenvalue weighted by Crippen LogP contribution is 2.48. The summed E-state index contributed by atoms with van der Waals surface area (Å²) in [4.78, 5) is 26.0. The maximum atomic E-state index is 13.5. The molecule has 8 nitrogen and oxygen atoms in total. The number of carbonyl (C=O) groups excluding carboxylic acids is 1. The number of hydrogen-bond acceptors (Lipinski definition) is 8. The molecule has 1 aromatic heterocycles. The molecular weight excluding hydrogens is 452 g/mol. The van der Waals surface area contributed by atoms with Crippen molar-refractivity contribution in [1.82, 2.24) is 0 Å². The number of phenolic OH excluding ortho intramolecular Hbond substituents is 1. The van der Waals surface area contributed by atoms with E-state index in [2.05, 4.69) is 0 Å². The standard InChI is InChI=1S/C27H22O8/c1-31-15-6-4-14(5-7-15)19-13-34-27-24-18(17-9-8-16(32-2)10-21(17)33-3)11-23(29)35-22(24)12-20(28)25(27)26(19)30/h4-10,12-13,18,28H,11H2,1-3H3/t18-/m0/s1. The molecule has 0 unspecified atom stereocenters. The van der Waals surface area contributed by atoms with Crippen molar-refractivity contribution < 1.29 is 33.3 Å². The lowest BCUT2D eigenvalue weighted by Gasteiger charge is -2.27. The summed E-state index contributed by atoms with van der Waals surface area (Å²) in [6.07, 6.45) is 1.35. The Morgan fingerprint density at radius 3 is 2.31 bits per heavy atom. The van der Waals surface area contributed by atoms with Crippen molar-refractivity contribution in [3.63, 3.8) is 0 Å². The van der Waals surface area contributed by atoms with Crippen molar-refractivity contribution in [1.29, 1.82) is 0 Å². The Bertz CT molecular complexity index is 1500. The van der Waals surface area contributed by atoms with Gasteiger partial charge < -0.3 is 28.5 Å². The van der Waals surface area contributed by atoms with Gasteiger partial charge in [-0.25, -0.2) is 0 Å². The summed E-state index contributed by atoms with van der Waals surface area (Å²) in [5.74, 6) is 0.534. The molecule has 0 saturated heterocycles. The molecule has 1 atom stereocenters. The number of phenols is 1. The summed E-state index contributed by atoms with van der Waals surface area (Å²) in [5.41, 5.74) is 1.81. The predicted octanol–water partition coefficient (Wildman–Crippen LogP) is 4.63. The van der Waals surface area contributed by atoms with Crippen molar-refractivity contribution >= 4 is 16.9 Å². The second kappa shape index (κ2) is 8.72. The molecule has 1 N–H and O–H groups in total. The van der Waals surface area contributed by atoms with Crippen LogP contribution in [0.2, 0.25) is 0 Å². The lowest BCUT2D eigenvalue weighted by Crippen LogP contribution is -2.22. The van der Waals surface area contributed by atoms with Crippen molar-refractivity contribution in [3.8, 4) is 39.9 Å². The SMILES string of the molecule is COc1ccc(-c2coc3c4c(cc(O)c3c2=O)OC(=O)C[C@H]4c2ccc(OC)cc2OC)cc1. The molecule has 0 saturated carbocycles. The molecule has 1 aliphatic rings. The Morgan fingerprint density at radius 2 is 1.63 bits per heavy atom. The van der Waals surface area contributed by atoms with Crippen LogP contribution in [0.1, 0.15) is 23.5 Å². The zero-order chi connectivity index (χ0) is 24.7. The number of fused-ring (bicyclic) bond motifs is 3. The van der Waals surface area contributed by atoms with E-state index in [1.807, 2.05) is 0 Å². The number of hydrogen-bond donors (Lipinski definition) is 1. The number of carbonyl (C=O) groups is 1. The fourth-order valence-corrected chi connectivity index (χ4v) is 4.47. The van der Waals surface area contributed by atoms with Gasteiger partial charge in [-0.3, -0.25) is 9.59 Å². The van der Waals surface area contributed by atoms with Gasteiger partial charge in [-0.2, -0.15) is 0 Å². The van der Waals surface area contributed by atoms with Crippen molar-refractivity contribution in [2.45, 2.75) is 12.3 Å². The first-order chi connectivity index (χ1) is 16.9. The second-order valence-corrected chi connectivity index (χ2v) is 8.06. The average molecular weight is 474 g/mol. The van der Waals surface area contributed by atoms with Gasteiger partial charge in [-0.15, -0.1) is 0 Å². The average Bonchev–Trinajstić information content (AvgIpc) is 2.87. The zero-order valence-electron chi connectivity index (χ0n) is 19.3. The van der Waals surface area contributed by atoms with E-state index in [0.29, 0.717) is 33.9 Å². The smallest absolute Gasteiger partial charge is 0.312 e. The van der Waals surface area contributed by atoms with Gasteiger partial charge in [0, 0.05) is 29.2 Å². The second-order valence-electron chi connectivity index (χ2n) is 8.06. The van der Waals surface area contributed by atoms with Crippen LogP contribution in [0.25, 0.3) is 22.1 Å². The van der Waals surface area contributed by atoms with Gasteiger partial charge in [0.05, 0.1) is 33.3 Å². The zero-order valence-corrected chi connectivity index (χ0v) is 19.3. The number of benzene rings is 3. The molecule has 5 rings (SSSR count). The molecule has 0 aliphatic carbocycles. The third kappa shape index (κ3) is 3.73. The van der Waals surface area contributed by atoms with Crippen LogP contribution in [0.15, 0.2) is 64.0 Å². The highest BCUT2D eigenvalue weighted by Gasteiger charge is 2.35. The Balaban J connectivity index is 1.74. The third-order valence-corrected chi connectivity index (χ3v) is 6.19. The van der Waals surface area contributed by atoms with Gasteiger partial charge in [0.2, 0.25) is 5.43 Å². The van der Waals surface area contributed by atoms with Gasteiger partial charge in [-0.1, -0.05) is 18.2 Å². The van der Waals surface area contributed by atoms with Crippen molar-refractivity contribution in [3.05, 3.63) is 76.1 Å². The lowest BCUT2D eigenvalue weighted by atomic mass is 9.84. The van der Waals surface area contributed by atoms with E-state index in [1.54, 1.807) is 56.7 Å². The molecule has 3 aromatic carbocycles. The van der Waals surface area contributed by atoms with E-state index < -0.39 is 17.3 Å². The Kier molecular flexibility index (Phi) is 5.56. The molecule has 0 radical (unpaired) electrons. The van der Waals surface area contributed by atoms with Crippen LogP contribution < -0.4 is 24.4 Å². The van der Waals surface area contributed by atoms with Crippen LogP contribution in [0.4, 0.5) is 0 Å². The Hall–Kier alpha value is -4.46. The van der Waals surface area contributed by atoms with Crippen molar-refractivity contribution in [2.75, 3.05) is 21.3 Å². The van der Waals surface area contributed by atoms with E-state index in [0.717, 1.165) is 0 Å². The quantitative estimate of drug-likeness (QED) is 0.330. The van der Waals surface area contributed by atoms with Gasteiger partial charge in [-0.05, 0) is 23.8 Å². The van der Waals surface area contributed by atoms with Crippen LogP contribution in [0.5, 0.6) is 28.7 Å².